The van der Waals surface area contributed by atoms with Crippen LogP contribution in [0.5, 0.6) is 0 Å². The molecule has 0 bridgehead atoms. The number of pyridine rings is 1. The number of halogens is 6. The van der Waals surface area contributed by atoms with Crippen molar-refractivity contribution in [1.82, 2.24) is 10.4 Å². The van der Waals surface area contributed by atoms with Gasteiger partial charge in [0.1, 0.15) is 0 Å². The first-order valence-electron chi connectivity index (χ1n) is 8.02. The summed E-state index contributed by atoms with van der Waals surface area (Å²) < 4.78 is 38.2. The maximum Gasteiger partial charge on any atom is 0.417 e. The van der Waals surface area contributed by atoms with Gasteiger partial charge in [-0.3, -0.25) is 15.2 Å². The number of benzene rings is 1. The van der Waals surface area contributed by atoms with Crippen molar-refractivity contribution >= 4 is 52.2 Å². The number of carbonyl (C=O) groups is 1. The highest BCUT2D eigenvalue weighted by atomic mass is 35.5. The number of carbonyl (C=O) groups excluding carboxylic acids is 1. The van der Waals surface area contributed by atoms with Crippen molar-refractivity contribution < 1.29 is 22.8 Å². The predicted octanol–water partition coefficient (Wildman–Crippen LogP) is 4.72. The van der Waals surface area contributed by atoms with E-state index in [0.717, 1.165) is 11.1 Å². The zero-order chi connectivity index (χ0) is 21.3. The Labute approximate surface area is 178 Å². The smallest absolute Gasteiger partial charge is 0.382 e. The average molecular weight is 468 g/mol. The molecule has 6 nitrogen and oxygen atoms in total. The Kier molecular flexibility index (Phi) is 6.11. The molecule has 3 rings (SSSR count). The van der Waals surface area contributed by atoms with Gasteiger partial charge in [0.25, 0.3) is 5.91 Å². The first kappa shape index (κ1) is 21.5. The highest BCUT2D eigenvalue weighted by Crippen LogP contribution is 2.33. The summed E-state index contributed by atoms with van der Waals surface area (Å²) in [5.74, 6) is -0.673. The zero-order valence-electron chi connectivity index (χ0n) is 14.6. The second kappa shape index (κ2) is 8.25. The molecule has 1 aromatic heterocycles. The lowest BCUT2D eigenvalue weighted by atomic mass is 10.0. The van der Waals surface area contributed by atoms with Gasteiger partial charge in [-0.2, -0.15) is 13.2 Å². The fourth-order valence-corrected chi connectivity index (χ4v) is 3.47. The molecule has 0 saturated heterocycles. The number of hydrogen-bond donors (Lipinski definition) is 1. The number of aromatic nitrogens is 1. The number of hydrazine groups is 1. The predicted molar refractivity (Wildman–Crippen MR) is 103 cm³/mol. The standard InChI is InChI=1S/C17H12Cl3F3N4O2/c1-27(15-11(20)5-8(7-24-15)17(21,22)23)25-16(28)13-6-12(26-29-13)14-9(18)3-2-4-10(14)19/h2-5,7,13H,6H2,1H3,(H,25,28)/t13-/m0/s1. The number of nitrogens with one attached hydrogen (secondary N) is 1. The van der Waals surface area contributed by atoms with Crippen molar-refractivity contribution in [1.29, 1.82) is 0 Å². The number of amides is 1. The Balaban J connectivity index is 1.67. The van der Waals surface area contributed by atoms with Crippen molar-refractivity contribution in [3.8, 4) is 0 Å². The molecule has 0 spiro atoms. The van der Waals surface area contributed by atoms with Crippen LogP contribution in [0.1, 0.15) is 17.5 Å². The minimum atomic E-state index is -4.58. The molecule has 1 aliphatic rings. The summed E-state index contributed by atoms with van der Waals surface area (Å²) >= 11 is 18.1. The zero-order valence-corrected chi connectivity index (χ0v) is 16.9. The Morgan fingerprint density at radius 3 is 2.48 bits per heavy atom. The van der Waals surface area contributed by atoms with E-state index in [0.29, 0.717) is 27.5 Å². The van der Waals surface area contributed by atoms with Gasteiger partial charge < -0.3 is 4.84 Å². The number of oxime groups is 1. The first-order valence-corrected chi connectivity index (χ1v) is 9.15. The van der Waals surface area contributed by atoms with Gasteiger partial charge in [-0.05, 0) is 18.2 Å². The molecule has 154 valence electrons. The molecule has 2 heterocycles. The minimum Gasteiger partial charge on any atom is -0.382 e. The van der Waals surface area contributed by atoms with Crippen molar-refractivity contribution in [2.75, 3.05) is 12.1 Å². The van der Waals surface area contributed by atoms with E-state index in [-0.39, 0.29) is 17.3 Å². The van der Waals surface area contributed by atoms with Gasteiger partial charge in [0.05, 0.1) is 26.3 Å². The molecular weight excluding hydrogens is 456 g/mol. The van der Waals surface area contributed by atoms with E-state index < -0.39 is 23.8 Å². The molecule has 1 aliphatic heterocycles. The molecule has 0 unspecified atom stereocenters. The molecule has 0 saturated carbocycles. The van der Waals surface area contributed by atoms with Gasteiger partial charge in [-0.1, -0.05) is 46.0 Å². The molecular formula is C17H12Cl3F3N4O2. The topological polar surface area (TPSA) is 66.8 Å². The summed E-state index contributed by atoms with van der Waals surface area (Å²) in [6.45, 7) is 0. The van der Waals surface area contributed by atoms with Gasteiger partial charge in [-0.25, -0.2) is 4.98 Å². The number of hydrogen-bond acceptors (Lipinski definition) is 5. The van der Waals surface area contributed by atoms with E-state index >= 15 is 0 Å². The molecule has 1 amide bonds. The van der Waals surface area contributed by atoms with E-state index in [1.807, 2.05) is 0 Å². The van der Waals surface area contributed by atoms with Crippen LogP contribution in [-0.4, -0.2) is 29.8 Å². The van der Waals surface area contributed by atoms with Crippen LogP contribution in [0.2, 0.25) is 15.1 Å². The summed E-state index contributed by atoms with van der Waals surface area (Å²) in [4.78, 5) is 21.3. The molecule has 2 aromatic rings. The maximum absolute atomic E-state index is 12.7. The van der Waals surface area contributed by atoms with Crippen LogP contribution in [0.3, 0.4) is 0 Å². The molecule has 1 N–H and O–H groups in total. The minimum absolute atomic E-state index is 0.0682. The highest BCUT2D eigenvalue weighted by molar-refractivity contribution is 6.40. The molecule has 1 aromatic carbocycles. The van der Waals surface area contributed by atoms with Gasteiger partial charge in [0.2, 0.25) is 6.10 Å². The highest BCUT2D eigenvalue weighted by Gasteiger charge is 2.33. The largest absolute Gasteiger partial charge is 0.417 e. The quantitative estimate of drug-likeness (QED) is 0.661. The number of anilines is 1. The lowest BCUT2D eigenvalue weighted by molar-refractivity contribution is -0.137. The van der Waals surface area contributed by atoms with Crippen LogP contribution in [0.25, 0.3) is 0 Å². The van der Waals surface area contributed by atoms with Crippen LogP contribution in [0.15, 0.2) is 35.6 Å². The van der Waals surface area contributed by atoms with Crippen molar-refractivity contribution in [2.24, 2.45) is 5.16 Å². The average Bonchev–Trinajstić information content (AvgIpc) is 3.10. The first-order chi connectivity index (χ1) is 13.6. The monoisotopic (exact) mass is 466 g/mol. The van der Waals surface area contributed by atoms with E-state index in [4.69, 9.17) is 39.6 Å². The number of nitrogens with zero attached hydrogens (tertiary/aromatic N) is 3. The normalized spacial score (nSPS) is 16.2. The number of rotatable bonds is 4. The summed E-state index contributed by atoms with van der Waals surface area (Å²) in [5.41, 5.74) is 2.30. The van der Waals surface area contributed by atoms with Crippen molar-refractivity contribution in [3.05, 3.63) is 56.7 Å². The summed E-state index contributed by atoms with van der Waals surface area (Å²) in [5, 5.41) is 5.40. The summed E-state index contributed by atoms with van der Waals surface area (Å²) in [6.07, 6.45) is -4.86. The summed E-state index contributed by atoms with van der Waals surface area (Å²) in [6, 6.07) is 5.65. The maximum atomic E-state index is 12.7. The van der Waals surface area contributed by atoms with E-state index in [1.54, 1.807) is 18.2 Å². The van der Waals surface area contributed by atoms with E-state index in [2.05, 4.69) is 15.6 Å². The van der Waals surface area contributed by atoms with Gasteiger partial charge in [-0.15, -0.1) is 0 Å². The van der Waals surface area contributed by atoms with Crippen LogP contribution in [0.4, 0.5) is 19.0 Å². The Morgan fingerprint density at radius 1 is 1.24 bits per heavy atom. The van der Waals surface area contributed by atoms with Gasteiger partial charge in [0.15, 0.2) is 5.82 Å². The lowest BCUT2D eigenvalue weighted by Crippen LogP contribution is -2.45. The van der Waals surface area contributed by atoms with E-state index in [9.17, 15) is 18.0 Å². The third-order valence-electron chi connectivity index (χ3n) is 3.96. The van der Waals surface area contributed by atoms with Gasteiger partial charge >= 0.3 is 6.18 Å². The molecule has 0 fully saturated rings. The third kappa shape index (κ3) is 4.68. The molecule has 12 heteroatoms. The summed E-state index contributed by atoms with van der Waals surface area (Å²) in [7, 11) is 1.38. The second-order valence-corrected chi connectivity index (χ2v) is 7.22. The Morgan fingerprint density at radius 2 is 1.90 bits per heavy atom. The van der Waals surface area contributed by atoms with Crippen LogP contribution in [0, 0.1) is 0 Å². The Hall–Kier alpha value is -2.23. The van der Waals surface area contributed by atoms with Crippen LogP contribution >= 0.6 is 34.8 Å². The van der Waals surface area contributed by atoms with Crippen molar-refractivity contribution in [2.45, 2.75) is 18.7 Å². The Bertz CT molecular complexity index is 965. The fraction of sp³-hybridized carbons (Fsp3) is 0.235. The van der Waals surface area contributed by atoms with Crippen LogP contribution in [-0.2, 0) is 15.8 Å². The van der Waals surface area contributed by atoms with E-state index in [1.165, 1.54) is 7.05 Å². The van der Waals surface area contributed by atoms with Gasteiger partial charge in [0, 0.05) is 25.2 Å². The SMILES string of the molecule is CN(NC(=O)[C@@H]1CC(c2c(Cl)cccc2Cl)=NO1)c1ncc(C(F)(F)F)cc1Cl. The second-order valence-electron chi connectivity index (χ2n) is 6.00. The molecule has 0 radical (unpaired) electrons. The van der Waals surface area contributed by atoms with Crippen molar-refractivity contribution in [3.63, 3.8) is 0 Å². The molecule has 0 aliphatic carbocycles. The molecule has 29 heavy (non-hydrogen) atoms. The van der Waals surface area contributed by atoms with Crippen LogP contribution < -0.4 is 10.4 Å². The number of alkyl halides is 3. The fourth-order valence-electron chi connectivity index (χ4n) is 2.56. The third-order valence-corrected chi connectivity index (χ3v) is 4.87. The lowest BCUT2D eigenvalue weighted by Gasteiger charge is -2.22. The molecule has 1 atom stereocenters.